The molecule has 1 aliphatic heterocycles. The maximum absolute atomic E-state index is 10.8. The second kappa shape index (κ2) is 7.85. The van der Waals surface area contributed by atoms with Crippen LogP contribution in [0.3, 0.4) is 0 Å². The molecule has 0 aliphatic carbocycles. The van der Waals surface area contributed by atoms with Gasteiger partial charge < -0.3 is 19.3 Å². The topological polar surface area (TPSA) is 68.2 Å². The van der Waals surface area contributed by atoms with Gasteiger partial charge in [-0.1, -0.05) is 6.07 Å². The minimum atomic E-state index is -0.880. The van der Waals surface area contributed by atoms with E-state index in [2.05, 4.69) is 4.90 Å². The highest BCUT2D eigenvalue weighted by Gasteiger charge is 2.11. The predicted molar refractivity (Wildman–Crippen MR) is 77.1 cm³/mol. The fraction of sp³-hybridized carbons (Fsp3) is 0.533. The molecule has 2 rings (SSSR count). The van der Waals surface area contributed by atoms with Crippen molar-refractivity contribution in [1.29, 1.82) is 0 Å². The predicted octanol–water partition coefficient (Wildman–Crippen LogP) is 1.03. The fourth-order valence-electron chi connectivity index (χ4n) is 2.24. The van der Waals surface area contributed by atoms with Gasteiger partial charge in [0.2, 0.25) is 0 Å². The van der Waals surface area contributed by atoms with E-state index in [9.17, 15) is 4.79 Å². The van der Waals surface area contributed by atoms with Gasteiger partial charge in [0.05, 0.1) is 26.7 Å². The van der Waals surface area contributed by atoms with Crippen LogP contribution in [0.2, 0.25) is 0 Å². The van der Waals surface area contributed by atoms with Gasteiger partial charge in [0.25, 0.3) is 0 Å². The summed E-state index contributed by atoms with van der Waals surface area (Å²) in [5.74, 6) is 0.352. The third-order valence-electron chi connectivity index (χ3n) is 3.38. The summed E-state index contributed by atoms with van der Waals surface area (Å²) in [6.45, 7) is 4.86. The van der Waals surface area contributed by atoms with Gasteiger partial charge >= 0.3 is 5.97 Å². The number of carbonyl (C=O) groups is 1. The van der Waals surface area contributed by atoms with Crippen LogP contribution < -0.4 is 9.47 Å². The molecule has 1 aliphatic rings. The van der Waals surface area contributed by atoms with Gasteiger partial charge in [-0.15, -0.1) is 0 Å². The average Bonchev–Trinajstić information content (AvgIpc) is 2.49. The first-order valence-corrected chi connectivity index (χ1v) is 7.00. The number of hydrogen-bond donors (Lipinski definition) is 1. The van der Waals surface area contributed by atoms with Crippen molar-refractivity contribution in [3.63, 3.8) is 0 Å². The van der Waals surface area contributed by atoms with Crippen LogP contribution in [0.5, 0.6) is 11.5 Å². The van der Waals surface area contributed by atoms with Crippen LogP contribution in [0, 0.1) is 0 Å². The minimum Gasteiger partial charge on any atom is -0.496 e. The summed E-state index contributed by atoms with van der Waals surface area (Å²) in [5.41, 5.74) is 0.644. The van der Waals surface area contributed by atoms with Crippen molar-refractivity contribution in [2.24, 2.45) is 0 Å². The van der Waals surface area contributed by atoms with Crippen LogP contribution in [0.4, 0.5) is 0 Å². The van der Waals surface area contributed by atoms with E-state index in [1.165, 1.54) is 7.11 Å². The maximum Gasteiger partial charge on any atom is 0.307 e. The lowest BCUT2D eigenvalue weighted by Gasteiger charge is -2.26. The molecule has 1 N–H and O–H groups in total. The Morgan fingerprint density at radius 1 is 1.38 bits per heavy atom. The van der Waals surface area contributed by atoms with E-state index in [0.29, 0.717) is 23.7 Å². The minimum absolute atomic E-state index is 0.0583. The van der Waals surface area contributed by atoms with Crippen LogP contribution >= 0.6 is 0 Å². The van der Waals surface area contributed by atoms with Crippen molar-refractivity contribution in [2.45, 2.75) is 6.42 Å². The lowest BCUT2D eigenvalue weighted by molar-refractivity contribution is -0.136. The standard InChI is InChI=1S/C15H21NO5/c1-19-14-11-13(3-2-12(14)10-15(17)18)21-9-6-16-4-7-20-8-5-16/h2-3,11H,4-10H2,1H3,(H,17,18). The second-order valence-corrected chi connectivity index (χ2v) is 4.85. The Bertz CT molecular complexity index is 471. The molecule has 0 atom stereocenters. The van der Waals surface area contributed by atoms with E-state index >= 15 is 0 Å². The highest BCUT2D eigenvalue weighted by molar-refractivity contribution is 5.71. The van der Waals surface area contributed by atoms with Gasteiger partial charge in [0.15, 0.2) is 0 Å². The Morgan fingerprint density at radius 2 is 2.14 bits per heavy atom. The molecular weight excluding hydrogens is 274 g/mol. The highest BCUT2D eigenvalue weighted by atomic mass is 16.5. The lowest BCUT2D eigenvalue weighted by Crippen LogP contribution is -2.38. The van der Waals surface area contributed by atoms with Crippen LogP contribution in [-0.4, -0.2) is 62.5 Å². The second-order valence-electron chi connectivity index (χ2n) is 4.85. The Kier molecular flexibility index (Phi) is 5.83. The molecule has 0 aromatic heterocycles. The summed E-state index contributed by atoms with van der Waals surface area (Å²) in [7, 11) is 1.53. The molecule has 1 aromatic rings. The number of benzene rings is 1. The van der Waals surface area contributed by atoms with Crippen molar-refractivity contribution in [3.05, 3.63) is 23.8 Å². The van der Waals surface area contributed by atoms with Gasteiger partial charge in [0.1, 0.15) is 18.1 Å². The van der Waals surface area contributed by atoms with E-state index in [4.69, 9.17) is 19.3 Å². The number of nitrogens with zero attached hydrogens (tertiary/aromatic N) is 1. The van der Waals surface area contributed by atoms with Crippen LogP contribution in [0.25, 0.3) is 0 Å². The Labute approximate surface area is 124 Å². The molecule has 0 bridgehead atoms. The zero-order valence-corrected chi connectivity index (χ0v) is 12.2. The number of morpholine rings is 1. The molecule has 1 saturated heterocycles. The molecule has 6 heteroatoms. The zero-order chi connectivity index (χ0) is 15.1. The quantitative estimate of drug-likeness (QED) is 0.810. The average molecular weight is 295 g/mol. The van der Waals surface area contributed by atoms with Crippen molar-refractivity contribution in [2.75, 3.05) is 46.6 Å². The first kappa shape index (κ1) is 15.6. The van der Waals surface area contributed by atoms with Gasteiger partial charge in [0, 0.05) is 31.3 Å². The van der Waals surface area contributed by atoms with Crippen LogP contribution in [-0.2, 0) is 16.0 Å². The molecule has 116 valence electrons. The number of carboxylic acid groups (broad SMARTS) is 1. The smallest absolute Gasteiger partial charge is 0.307 e. The third-order valence-corrected chi connectivity index (χ3v) is 3.38. The molecule has 0 unspecified atom stereocenters. The summed E-state index contributed by atoms with van der Waals surface area (Å²) >= 11 is 0. The fourth-order valence-corrected chi connectivity index (χ4v) is 2.24. The molecular formula is C15H21NO5. The van der Waals surface area contributed by atoms with Crippen molar-refractivity contribution >= 4 is 5.97 Å². The number of carboxylic acids is 1. The van der Waals surface area contributed by atoms with E-state index < -0.39 is 5.97 Å². The first-order valence-electron chi connectivity index (χ1n) is 7.00. The largest absolute Gasteiger partial charge is 0.496 e. The summed E-state index contributed by atoms with van der Waals surface area (Å²) in [4.78, 5) is 13.1. The molecule has 1 aromatic carbocycles. The van der Waals surface area contributed by atoms with E-state index in [-0.39, 0.29) is 6.42 Å². The maximum atomic E-state index is 10.8. The SMILES string of the molecule is COc1cc(OCCN2CCOCC2)ccc1CC(=O)O. The number of aliphatic carboxylic acids is 1. The van der Waals surface area contributed by atoms with Crippen molar-refractivity contribution in [1.82, 2.24) is 4.90 Å². The van der Waals surface area contributed by atoms with Crippen LogP contribution in [0.15, 0.2) is 18.2 Å². The number of rotatable bonds is 7. The summed E-state index contributed by atoms with van der Waals surface area (Å²) in [6.07, 6.45) is -0.0583. The van der Waals surface area contributed by atoms with Gasteiger partial charge in [-0.2, -0.15) is 0 Å². The monoisotopic (exact) mass is 295 g/mol. The molecule has 0 saturated carbocycles. The van der Waals surface area contributed by atoms with Gasteiger partial charge in [-0.05, 0) is 6.07 Å². The van der Waals surface area contributed by atoms with Gasteiger partial charge in [-0.3, -0.25) is 9.69 Å². The number of hydrogen-bond acceptors (Lipinski definition) is 5. The molecule has 0 spiro atoms. The number of ether oxygens (including phenoxy) is 3. The molecule has 21 heavy (non-hydrogen) atoms. The number of methoxy groups -OCH3 is 1. The Morgan fingerprint density at radius 3 is 2.81 bits per heavy atom. The first-order chi connectivity index (χ1) is 10.2. The molecule has 0 radical (unpaired) electrons. The summed E-state index contributed by atoms with van der Waals surface area (Å²) < 4.78 is 16.2. The van der Waals surface area contributed by atoms with Crippen LogP contribution in [0.1, 0.15) is 5.56 Å². The van der Waals surface area contributed by atoms with E-state index in [1.807, 2.05) is 0 Å². The molecule has 1 heterocycles. The van der Waals surface area contributed by atoms with E-state index in [0.717, 1.165) is 32.8 Å². The van der Waals surface area contributed by atoms with Gasteiger partial charge in [-0.25, -0.2) is 0 Å². The molecule has 6 nitrogen and oxygen atoms in total. The van der Waals surface area contributed by atoms with Crippen molar-refractivity contribution in [3.8, 4) is 11.5 Å². The summed E-state index contributed by atoms with van der Waals surface area (Å²) in [5, 5.41) is 8.84. The Balaban J connectivity index is 1.86. The summed E-state index contributed by atoms with van der Waals surface area (Å²) in [6, 6.07) is 5.24. The molecule has 1 fully saturated rings. The normalized spacial score (nSPS) is 15.7. The molecule has 0 amide bonds. The third kappa shape index (κ3) is 4.91. The highest BCUT2D eigenvalue weighted by Crippen LogP contribution is 2.25. The van der Waals surface area contributed by atoms with Crippen molar-refractivity contribution < 1.29 is 24.1 Å². The lowest BCUT2D eigenvalue weighted by atomic mass is 10.1. The van der Waals surface area contributed by atoms with E-state index in [1.54, 1.807) is 18.2 Å². The zero-order valence-electron chi connectivity index (χ0n) is 12.2. The Hall–Kier alpha value is -1.79.